The zero-order chi connectivity index (χ0) is 16.9. The Morgan fingerprint density at radius 2 is 1.88 bits per heavy atom. The van der Waals surface area contributed by atoms with E-state index >= 15 is 0 Å². The van der Waals surface area contributed by atoms with Crippen molar-refractivity contribution < 1.29 is 14.3 Å². The van der Waals surface area contributed by atoms with Gasteiger partial charge in [-0.3, -0.25) is 9.59 Å². The van der Waals surface area contributed by atoms with E-state index in [0.717, 1.165) is 42.4 Å². The van der Waals surface area contributed by atoms with Gasteiger partial charge < -0.3 is 14.6 Å². The number of benzene rings is 1. The van der Waals surface area contributed by atoms with Crippen molar-refractivity contribution in [3.05, 3.63) is 36.0 Å². The van der Waals surface area contributed by atoms with Crippen LogP contribution in [-0.4, -0.2) is 41.0 Å². The van der Waals surface area contributed by atoms with Crippen LogP contribution < -0.4 is 0 Å². The largest absolute Gasteiger partial charge is 0.452 e. The number of fused-ring (bicyclic) bond motifs is 1. The molecule has 5 nitrogen and oxygen atoms in total. The normalized spacial score (nSPS) is 16.6. The van der Waals surface area contributed by atoms with E-state index in [9.17, 15) is 9.59 Å². The van der Waals surface area contributed by atoms with Crippen LogP contribution in [-0.2, 0) is 20.7 Å². The van der Waals surface area contributed by atoms with Crippen LogP contribution >= 0.6 is 0 Å². The van der Waals surface area contributed by atoms with Crippen molar-refractivity contribution in [3.8, 4) is 0 Å². The molecule has 1 N–H and O–H groups in total. The van der Waals surface area contributed by atoms with Crippen molar-refractivity contribution in [2.75, 3.05) is 13.1 Å². The number of rotatable bonds is 4. The van der Waals surface area contributed by atoms with Crippen molar-refractivity contribution in [2.45, 2.75) is 45.1 Å². The molecule has 128 valence electrons. The fourth-order valence-electron chi connectivity index (χ4n) is 3.27. The lowest BCUT2D eigenvalue weighted by atomic mass is 10.1. The number of aromatic amines is 1. The van der Waals surface area contributed by atoms with Crippen LogP contribution in [0.25, 0.3) is 10.9 Å². The van der Waals surface area contributed by atoms with E-state index in [4.69, 9.17) is 4.74 Å². The van der Waals surface area contributed by atoms with Crippen molar-refractivity contribution >= 4 is 22.8 Å². The number of likely N-dealkylation sites (tertiary alicyclic amines) is 1. The third-order valence-corrected chi connectivity index (χ3v) is 4.58. The van der Waals surface area contributed by atoms with E-state index in [2.05, 4.69) is 4.98 Å². The number of carbonyl (C=O) groups excluding carboxylic acids is 2. The quantitative estimate of drug-likeness (QED) is 0.878. The SMILES string of the molecule is CC(OC(=O)Cc1c[nH]c2ccccc12)C(=O)N1CCCCCC1. The molecule has 5 heteroatoms. The molecule has 1 amide bonds. The Bertz CT molecular complexity index is 714. The number of hydrogen-bond acceptors (Lipinski definition) is 3. The summed E-state index contributed by atoms with van der Waals surface area (Å²) < 4.78 is 5.38. The lowest BCUT2D eigenvalue weighted by Gasteiger charge is -2.24. The molecule has 3 rings (SSSR count). The molecule has 0 bridgehead atoms. The minimum absolute atomic E-state index is 0.0795. The van der Waals surface area contributed by atoms with Crippen LogP contribution in [0.15, 0.2) is 30.5 Å². The molecule has 1 aromatic heterocycles. The van der Waals surface area contributed by atoms with Gasteiger partial charge in [0.05, 0.1) is 6.42 Å². The summed E-state index contributed by atoms with van der Waals surface area (Å²) in [5, 5.41) is 1.01. The van der Waals surface area contributed by atoms with Gasteiger partial charge in [-0.2, -0.15) is 0 Å². The smallest absolute Gasteiger partial charge is 0.311 e. The Kier molecular flexibility index (Phi) is 5.18. The first-order valence-electron chi connectivity index (χ1n) is 8.68. The van der Waals surface area contributed by atoms with Gasteiger partial charge in [0.2, 0.25) is 0 Å². The number of amides is 1. The van der Waals surface area contributed by atoms with E-state index < -0.39 is 6.10 Å². The van der Waals surface area contributed by atoms with Gasteiger partial charge in [-0.05, 0) is 31.4 Å². The number of carbonyl (C=O) groups is 2. The Hall–Kier alpha value is -2.30. The lowest BCUT2D eigenvalue weighted by molar-refractivity contribution is -0.158. The second-order valence-corrected chi connectivity index (χ2v) is 6.41. The third-order valence-electron chi connectivity index (χ3n) is 4.58. The van der Waals surface area contributed by atoms with Crippen LogP contribution in [0.4, 0.5) is 0 Å². The number of para-hydroxylation sites is 1. The zero-order valence-electron chi connectivity index (χ0n) is 14.1. The molecule has 1 unspecified atom stereocenters. The molecule has 1 atom stereocenters. The van der Waals surface area contributed by atoms with Crippen molar-refractivity contribution in [1.29, 1.82) is 0 Å². The maximum Gasteiger partial charge on any atom is 0.311 e. The van der Waals surface area contributed by atoms with Crippen molar-refractivity contribution in [3.63, 3.8) is 0 Å². The molecule has 1 fully saturated rings. The van der Waals surface area contributed by atoms with Gasteiger partial charge in [-0.15, -0.1) is 0 Å². The summed E-state index contributed by atoms with van der Waals surface area (Å²) in [5.41, 5.74) is 1.89. The average molecular weight is 328 g/mol. The summed E-state index contributed by atoms with van der Waals surface area (Å²) in [7, 11) is 0. The summed E-state index contributed by atoms with van der Waals surface area (Å²) in [5.74, 6) is -0.445. The van der Waals surface area contributed by atoms with E-state index in [-0.39, 0.29) is 18.3 Å². The summed E-state index contributed by atoms with van der Waals surface area (Å²) in [6.07, 6.45) is 5.66. The monoisotopic (exact) mass is 328 g/mol. The second-order valence-electron chi connectivity index (χ2n) is 6.41. The standard InChI is InChI=1S/C19H24N2O3/c1-14(19(23)21-10-6-2-3-7-11-21)24-18(22)12-15-13-20-17-9-5-4-8-16(15)17/h4-5,8-9,13-14,20H,2-3,6-7,10-12H2,1H3. The molecule has 0 aliphatic carbocycles. The molecular weight excluding hydrogens is 304 g/mol. The molecule has 0 saturated carbocycles. The molecular formula is C19H24N2O3. The maximum atomic E-state index is 12.4. The average Bonchev–Trinajstić information content (AvgIpc) is 2.81. The lowest BCUT2D eigenvalue weighted by Crippen LogP contribution is -2.40. The summed E-state index contributed by atoms with van der Waals surface area (Å²) in [6, 6.07) is 7.83. The summed E-state index contributed by atoms with van der Waals surface area (Å²) in [4.78, 5) is 29.6. The Morgan fingerprint density at radius 3 is 2.62 bits per heavy atom. The first-order valence-corrected chi connectivity index (χ1v) is 8.68. The van der Waals surface area contributed by atoms with Crippen LogP contribution in [0.1, 0.15) is 38.2 Å². The van der Waals surface area contributed by atoms with Crippen LogP contribution in [0.3, 0.4) is 0 Å². The number of esters is 1. The number of H-pyrrole nitrogens is 1. The third kappa shape index (κ3) is 3.78. The number of ether oxygens (including phenoxy) is 1. The highest BCUT2D eigenvalue weighted by Crippen LogP contribution is 2.19. The number of aromatic nitrogens is 1. The highest BCUT2D eigenvalue weighted by Gasteiger charge is 2.24. The van der Waals surface area contributed by atoms with Crippen LogP contribution in [0, 0.1) is 0 Å². The number of hydrogen-bond donors (Lipinski definition) is 1. The highest BCUT2D eigenvalue weighted by molar-refractivity contribution is 5.88. The van der Waals surface area contributed by atoms with Gasteiger partial charge >= 0.3 is 5.97 Å². The molecule has 1 aliphatic rings. The van der Waals surface area contributed by atoms with E-state index in [1.54, 1.807) is 6.92 Å². The molecule has 2 aromatic rings. The van der Waals surface area contributed by atoms with Gasteiger partial charge in [0.25, 0.3) is 5.91 Å². The maximum absolute atomic E-state index is 12.4. The van der Waals surface area contributed by atoms with Gasteiger partial charge in [-0.1, -0.05) is 31.0 Å². The van der Waals surface area contributed by atoms with Gasteiger partial charge in [-0.25, -0.2) is 0 Å². The van der Waals surface area contributed by atoms with Gasteiger partial charge in [0, 0.05) is 30.2 Å². The van der Waals surface area contributed by atoms with Crippen molar-refractivity contribution in [2.24, 2.45) is 0 Å². The minimum Gasteiger partial charge on any atom is -0.452 e. The topological polar surface area (TPSA) is 62.4 Å². The Morgan fingerprint density at radius 1 is 1.17 bits per heavy atom. The predicted molar refractivity (Wildman–Crippen MR) is 92.6 cm³/mol. The highest BCUT2D eigenvalue weighted by atomic mass is 16.5. The predicted octanol–water partition coefficient (Wildman–Crippen LogP) is 3.04. The fraction of sp³-hybridized carbons (Fsp3) is 0.474. The second kappa shape index (κ2) is 7.51. The molecule has 2 heterocycles. The van der Waals surface area contributed by atoms with Crippen LogP contribution in [0.2, 0.25) is 0 Å². The first-order chi connectivity index (χ1) is 11.6. The van der Waals surface area contributed by atoms with E-state index in [1.165, 1.54) is 12.8 Å². The minimum atomic E-state index is -0.721. The van der Waals surface area contributed by atoms with E-state index in [0.29, 0.717) is 0 Å². The number of nitrogens with one attached hydrogen (secondary N) is 1. The molecule has 0 spiro atoms. The zero-order valence-corrected chi connectivity index (χ0v) is 14.1. The Labute approximate surface area is 142 Å². The molecule has 1 aliphatic heterocycles. The fourth-order valence-corrected chi connectivity index (χ4v) is 3.27. The number of nitrogens with zero attached hydrogens (tertiary/aromatic N) is 1. The summed E-state index contributed by atoms with van der Waals surface area (Å²) >= 11 is 0. The summed E-state index contributed by atoms with van der Waals surface area (Å²) in [6.45, 7) is 3.20. The van der Waals surface area contributed by atoms with Gasteiger partial charge in [0.1, 0.15) is 0 Å². The van der Waals surface area contributed by atoms with Crippen molar-refractivity contribution in [1.82, 2.24) is 9.88 Å². The van der Waals surface area contributed by atoms with Gasteiger partial charge in [0.15, 0.2) is 6.10 Å². The molecule has 0 radical (unpaired) electrons. The Balaban J connectivity index is 1.58. The molecule has 1 saturated heterocycles. The molecule has 24 heavy (non-hydrogen) atoms. The van der Waals surface area contributed by atoms with E-state index in [1.807, 2.05) is 35.4 Å². The molecule has 1 aromatic carbocycles. The first kappa shape index (κ1) is 16.6. The van der Waals surface area contributed by atoms with Crippen LogP contribution in [0.5, 0.6) is 0 Å².